The average molecular weight is 411 g/mol. The summed E-state index contributed by atoms with van der Waals surface area (Å²) in [5.74, 6) is -1.09. The molecule has 0 aromatic heterocycles. The Morgan fingerprint density at radius 3 is 2.46 bits per heavy atom. The summed E-state index contributed by atoms with van der Waals surface area (Å²) in [5, 5.41) is 8.68. The van der Waals surface area contributed by atoms with Gasteiger partial charge in [0.15, 0.2) is 0 Å². The van der Waals surface area contributed by atoms with E-state index in [-0.39, 0.29) is 0 Å². The number of halogens is 3. The molecule has 0 bridgehead atoms. The minimum absolute atomic E-state index is 0.303. The first-order valence-corrected chi connectivity index (χ1v) is 9.76. The second-order valence-corrected chi connectivity index (χ2v) is 8.10. The van der Waals surface area contributed by atoms with E-state index in [1.807, 2.05) is 0 Å². The predicted octanol–water partition coefficient (Wildman–Crippen LogP) is 3.25. The minimum Gasteiger partial charge on any atom is -0.478 e. The summed E-state index contributed by atoms with van der Waals surface area (Å²) in [7, 11) is -4.37. The van der Waals surface area contributed by atoms with Crippen LogP contribution in [-0.4, -0.2) is 25.5 Å². The van der Waals surface area contributed by atoms with E-state index in [2.05, 4.69) is 4.72 Å². The molecule has 0 spiro atoms. The van der Waals surface area contributed by atoms with Gasteiger partial charge in [-0.15, -0.1) is 0 Å². The first-order valence-electron chi connectivity index (χ1n) is 8.27. The summed E-state index contributed by atoms with van der Waals surface area (Å²) < 4.78 is 66.9. The summed E-state index contributed by atoms with van der Waals surface area (Å²) in [6.07, 6.45) is -1.73. The molecule has 2 N–H and O–H groups in total. The van der Waals surface area contributed by atoms with Gasteiger partial charge < -0.3 is 5.11 Å². The van der Waals surface area contributed by atoms with Crippen molar-refractivity contribution in [3.63, 3.8) is 0 Å². The molecule has 0 saturated carbocycles. The number of hydrogen-bond donors (Lipinski definition) is 2. The number of rotatable bonds is 5. The second kappa shape index (κ2) is 7.40. The van der Waals surface area contributed by atoms with Crippen LogP contribution in [0.4, 0.5) is 13.2 Å². The quantitative estimate of drug-likeness (QED) is 0.740. The van der Waals surface area contributed by atoms with Gasteiger partial charge in [0, 0.05) is 12.1 Å². The number of alkyl halides is 3. The van der Waals surface area contributed by atoms with Gasteiger partial charge in [-0.25, -0.2) is 17.9 Å². The van der Waals surface area contributed by atoms with Gasteiger partial charge in [-0.3, -0.25) is 0 Å². The third kappa shape index (κ3) is 4.42. The normalized spacial score (nSPS) is 17.0. The van der Waals surface area contributed by atoms with Crippen molar-refractivity contribution < 1.29 is 31.5 Å². The second-order valence-electron chi connectivity index (χ2n) is 6.42. The highest BCUT2D eigenvalue weighted by Crippen LogP contribution is 2.34. The summed E-state index contributed by atoms with van der Waals surface area (Å²) in [5.41, 5.74) is 1.12. The number of sulfonamides is 1. The standard InChI is InChI=1S/C19H16F3NO4S/c20-19(21,22)16-3-1-2-4-17(16)28(26,27)23-15-10-13-7-5-12(6-8-18(24)25)9-14(13)11-15/h1-9,15,23H,10-11H2,(H,24,25)/b8-6+. The lowest BCUT2D eigenvalue weighted by atomic mass is 10.1. The maximum atomic E-state index is 13.1. The zero-order valence-corrected chi connectivity index (χ0v) is 15.2. The van der Waals surface area contributed by atoms with Gasteiger partial charge in [0.1, 0.15) is 0 Å². The molecule has 0 heterocycles. The smallest absolute Gasteiger partial charge is 0.417 e. The van der Waals surface area contributed by atoms with Crippen LogP contribution >= 0.6 is 0 Å². The molecule has 1 atom stereocenters. The van der Waals surface area contributed by atoms with Crippen LogP contribution < -0.4 is 4.72 Å². The molecule has 2 aromatic carbocycles. The number of benzene rings is 2. The molecule has 3 rings (SSSR count). The van der Waals surface area contributed by atoms with Gasteiger partial charge in [-0.05, 0) is 47.7 Å². The zero-order valence-electron chi connectivity index (χ0n) is 14.4. The minimum atomic E-state index is -4.78. The SMILES string of the molecule is O=C(O)/C=C/c1ccc2c(c1)CC(NS(=O)(=O)c1ccccc1C(F)(F)F)C2. The Morgan fingerprint density at radius 1 is 1.11 bits per heavy atom. The van der Waals surface area contributed by atoms with E-state index in [9.17, 15) is 26.4 Å². The number of hydrogen-bond acceptors (Lipinski definition) is 3. The molecular weight excluding hydrogens is 395 g/mol. The summed E-state index contributed by atoms with van der Waals surface area (Å²) in [6, 6.07) is 8.67. The van der Waals surface area contributed by atoms with Crippen LogP contribution in [0.15, 0.2) is 53.4 Å². The molecule has 9 heteroatoms. The monoisotopic (exact) mass is 411 g/mol. The fourth-order valence-corrected chi connectivity index (χ4v) is 4.67. The van der Waals surface area contributed by atoms with Gasteiger partial charge in [0.25, 0.3) is 0 Å². The third-order valence-electron chi connectivity index (χ3n) is 4.39. The van der Waals surface area contributed by atoms with Crippen molar-refractivity contribution in [3.8, 4) is 0 Å². The molecule has 1 aliphatic rings. The highest BCUT2D eigenvalue weighted by atomic mass is 32.2. The number of carboxylic acid groups (broad SMARTS) is 1. The maximum Gasteiger partial charge on any atom is 0.417 e. The van der Waals surface area contributed by atoms with Crippen molar-refractivity contribution in [2.24, 2.45) is 0 Å². The van der Waals surface area contributed by atoms with Gasteiger partial charge in [-0.2, -0.15) is 13.2 Å². The van der Waals surface area contributed by atoms with E-state index >= 15 is 0 Å². The summed E-state index contributed by atoms with van der Waals surface area (Å²) >= 11 is 0. The van der Waals surface area contributed by atoms with Crippen LogP contribution in [-0.2, 0) is 33.8 Å². The Kier molecular flexibility index (Phi) is 5.31. The molecular formula is C19H16F3NO4S. The molecule has 0 saturated heterocycles. The lowest BCUT2D eigenvalue weighted by Gasteiger charge is -2.16. The Morgan fingerprint density at radius 2 is 1.79 bits per heavy atom. The van der Waals surface area contributed by atoms with E-state index in [0.717, 1.165) is 35.4 Å². The molecule has 0 fully saturated rings. The average Bonchev–Trinajstić information content (AvgIpc) is 2.99. The van der Waals surface area contributed by atoms with Gasteiger partial charge in [-0.1, -0.05) is 30.3 Å². The first kappa shape index (κ1) is 20.1. The fourth-order valence-electron chi connectivity index (χ4n) is 3.21. The largest absolute Gasteiger partial charge is 0.478 e. The van der Waals surface area contributed by atoms with Crippen molar-refractivity contribution >= 4 is 22.1 Å². The topological polar surface area (TPSA) is 83.5 Å². The van der Waals surface area contributed by atoms with Crippen LogP contribution in [0.25, 0.3) is 6.08 Å². The van der Waals surface area contributed by atoms with Crippen LogP contribution in [0.2, 0.25) is 0 Å². The molecule has 1 unspecified atom stereocenters. The van der Waals surface area contributed by atoms with E-state index in [0.29, 0.717) is 18.4 Å². The molecule has 2 aromatic rings. The summed E-state index contributed by atoms with van der Waals surface area (Å²) in [6.45, 7) is 0. The molecule has 0 aliphatic heterocycles. The fraction of sp³-hybridized carbons (Fsp3) is 0.211. The lowest BCUT2D eigenvalue weighted by molar-refractivity contribution is -0.140. The van der Waals surface area contributed by atoms with E-state index < -0.39 is 38.7 Å². The molecule has 5 nitrogen and oxygen atoms in total. The Hall–Kier alpha value is -2.65. The Balaban J connectivity index is 1.81. The van der Waals surface area contributed by atoms with Crippen molar-refractivity contribution in [2.75, 3.05) is 0 Å². The first-order chi connectivity index (χ1) is 13.1. The lowest BCUT2D eigenvalue weighted by Crippen LogP contribution is -2.36. The van der Waals surface area contributed by atoms with Crippen molar-refractivity contribution in [3.05, 3.63) is 70.8 Å². The van der Waals surface area contributed by atoms with Crippen LogP contribution in [0.3, 0.4) is 0 Å². The number of fused-ring (bicyclic) bond motifs is 1. The van der Waals surface area contributed by atoms with Crippen LogP contribution in [0.1, 0.15) is 22.3 Å². The molecule has 1 aliphatic carbocycles. The van der Waals surface area contributed by atoms with Gasteiger partial charge in [0.2, 0.25) is 10.0 Å². The summed E-state index contributed by atoms with van der Waals surface area (Å²) in [4.78, 5) is 9.80. The predicted molar refractivity (Wildman–Crippen MR) is 96.1 cm³/mol. The highest BCUT2D eigenvalue weighted by Gasteiger charge is 2.38. The zero-order chi connectivity index (χ0) is 20.5. The van der Waals surface area contributed by atoms with Crippen LogP contribution in [0.5, 0.6) is 0 Å². The number of aliphatic carboxylic acids is 1. The number of carbonyl (C=O) groups is 1. The molecule has 28 heavy (non-hydrogen) atoms. The van der Waals surface area contributed by atoms with Crippen molar-refractivity contribution in [2.45, 2.75) is 30.0 Å². The molecule has 148 valence electrons. The molecule has 0 radical (unpaired) electrons. The maximum absolute atomic E-state index is 13.1. The Labute approximate surface area is 159 Å². The third-order valence-corrected chi connectivity index (χ3v) is 5.96. The van der Waals surface area contributed by atoms with Gasteiger partial charge >= 0.3 is 12.1 Å². The van der Waals surface area contributed by atoms with E-state index in [1.54, 1.807) is 18.2 Å². The van der Waals surface area contributed by atoms with Crippen molar-refractivity contribution in [1.82, 2.24) is 4.72 Å². The Bertz CT molecular complexity index is 1050. The van der Waals surface area contributed by atoms with Gasteiger partial charge in [0.05, 0.1) is 10.5 Å². The van der Waals surface area contributed by atoms with Crippen LogP contribution in [0, 0.1) is 0 Å². The number of carboxylic acids is 1. The van der Waals surface area contributed by atoms with E-state index in [4.69, 9.17) is 5.11 Å². The van der Waals surface area contributed by atoms with E-state index in [1.165, 1.54) is 12.1 Å². The molecule has 0 amide bonds. The van der Waals surface area contributed by atoms with Crippen molar-refractivity contribution in [1.29, 1.82) is 0 Å². The highest BCUT2D eigenvalue weighted by molar-refractivity contribution is 7.89. The number of nitrogens with one attached hydrogen (secondary N) is 1.